The van der Waals surface area contributed by atoms with Crippen molar-refractivity contribution in [3.05, 3.63) is 85.5 Å². The van der Waals surface area contributed by atoms with Gasteiger partial charge in [0.1, 0.15) is 21.1 Å². The van der Waals surface area contributed by atoms with Gasteiger partial charge >= 0.3 is 0 Å². The third-order valence-electron chi connectivity index (χ3n) is 4.29. The van der Waals surface area contributed by atoms with Crippen molar-refractivity contribution in [2.45, 2.75) is 20.0 Å². The number of anilines is 1. The number of nitriles is 1. The number of benzene rings is 2. The molecule has 0 radical (unpaired) electrons. The number of nitrogens with zero attached hydrogens (tertiary/aromatic N) is 2. The molecule has 2 aromatic carbocycles. The van der Waals surface area contributed by atoms with E-state index >= 15 is 0 Å². The summed E-state index contributed by atoms with van der Waals surface area (Å²) in [6.45, 7) is 2.23. The van der Waals surface area contributed by atoms with E-state index < -0.39 is 5.91 Å². The van der Waals surface area contributed by atoms with Crippen LogP contribution in [0.5, 0.6) is 0 Å². The molecule has 0 fully saturated rings. The number of amides is 1. The lowest BCUT2D eigenvalue weighted by Gasteiger charge is -2.05. The Morgan fingerprint density at radius 1 is 1.20 bits per heavy atom. The molecule has 0 spiro atoms. The Balaban J connectivity index is 1.93. The minimum Gasteiger partial charge on any atom is -0.360 e. The Bertz CT molecular complexity index is 1260. The van der Waals surface area contributed by atoms with Gasteiger partial charge in [0, 0.05) is 25.0 Å². The van der Waals surface area contributed by atoms with Crippen molar-refractivity contribution in [1.82, 2.24) is 9.88 Å². The van der Waals surface area contributed by atoms with Crippen LogP contribution in [0.1, 0.15) is 12.5 Å². The lowest BCUT2D eigenvalue weighted by atomic mass is 10.2. The van der Waals surface area contributed by atoms with Crippen LogP contribution in [-0.2, 0) is 17.9 Å². The quantitative estimate of drug-likeness (QED) is 0.635. The van der Waals surface area contributed by atoms with E-state index in [1.54, 1.807) is 25.3 Å². The number of nitrogens with one attached hydrogen (secondary N) is 2. The van der Waals surface area contributed by atoms with Crippen LogP contribution in [0.3, 0.4) is 0 Å². The van der Waals surface area contributed by atoms with Crippen molar-refractivity contribution in [2.24, 2.45) is 0 Å². The molecule has 0 aliphatic heterocycles. The lowest BCUT2D eigenvalue weighted by Crippen LogP contribution is -2.34. The second-order valence-corrected chi connectivity index (χ2v) is 7.30. The summed E-state index contributed by atoms with van der Waals surface area (Å²) >= 11 is 1.08. The number of hydrogen-bond acceptors (Lipinski definition) is 5. The smallest absolute Gasteiger partial charge is 0.270 e. The van der Waals surface area contributed by atoms with Crippen molar-refractivity contribution >= 4 is 34.7 Å². The highest BCUT2D eigenvalue weighted by Crippen LogP contribution is 2.05. The molecule has 0 saturated carbocycles. The number of halogens is 1. The average Bonchev–Trinajstić information content (AvgIpc) is 3.08. The topological polar surface area (TPSA) is 86.9 Å². The van der Waals surface area contributed by atoms with E-state index in [2.05, 4.69) is 10.6 Å². The van der Waals surface area contributed by atoms with Crippen molar-refractivity contribution in [3.8, 4) is 6.07 Å². The molecule has 2 N–H and O–H groups in total. The fourth-order valence-corrected chi connectivity index (χ4v) is 3.83. The molecule has 1 heterocycles. The monoisotopic (exact) mass is 422 g/mol. The molecule has 0 aliphatic carbocycles. The van der Waals surface area contributed by atoms with Crippen LogP contribution in [0, 0.1) is 17.1 Å². The molecule has 3 aromatic rings. The maximum absolute atomic E-state index is 13.0. The second kappa shape index (κ2) is 9.67. The van der Waals surface area contributed by atoms with E-state index in [4.69, 9.17) is 0 Å². The molecule has 6 nitrogen and oxygen atoms in total. The highest BCUT2D eigenvalue weighted by molar-refractivity contribution is 7.07. The molecule has 8 heteroatoms. The zero-order chi connectivity index (χ0) is 21.5. The normalized spacial score (nSPS) is 12.2. The Labute approximate surface area is 176 Å². The number of thiazole rings is 1. The van der Waals surface area contributed by atoms with Crippen LogP contribution < -0.4 is 25.4 Å². The number of aromatic nitrogens is 1. The van der Waals surface area contributed by atoms with E-state index in [1.807, 2.05) is 36.4 Å². The first-order valence-corrected chi connectivity index (χ1v) is 10.0. The fourth-order valence-electron chi connectivity index (χ4n) is 2.74. The van der Waals surface area contributed by atoms with Crippen LogP contribution in [0.25, 0.3) is 11.8 Å². The van der Waals surface area contributed by atoms with Crippen molar-refractivity contribution < 1.29 is 9.18 Å². The van der Waals surface area contributed by atoms with E-state index in [9.17, 15) is 19.2 Å². The fraction of sp³-hybridized carbons (Fsp3) is 0.136. The molecule has 1 aromatic heterocycles. The molecule has 30 heavy (non-hydrogen) atoms. The second-order valence-electron chi connectivity index (χ2n) is 6.27. The van der Waals surface area contributed by atoms with Gasteiger partial charge < -0.3 is 10.6 Å². The number of carbonyl (C=O) groups excluding carboxylic acids is 1. The van der Waals surface area contributed by atoms with Gasteiger partial charge in [0.15, 0.2) is 5.57 Å². The standard InChI is InChI=1S/C22H19FN4O2S/c1-2-27-21(29)19(14-25-17-6-4-3-5-7-17)30-22(27)18(12-24)20(28)26-13-15-8-10-16(23)11-9-15/h3-11,14,25H,2,13H2,1H3,(H,26,28). The van der Waals surface area contributed by atoms with Crippen molar-refractivity contribution in [1.29, 1.82) is 5.26 Å². The Kier molecular flexibility index (Phi) is 6.78. The molecular weight excluding hydrogens is 403 g/mol. The number of hydrogen-bond donors (Lipinski definition) is 2. The van der Waals surface area contributed by atoms with Gasteiger partial charge in [-0.25, -0.2) is 4.39 Å². The zero-order valence-electron chi connectivity index (χ0n) is 16.2. The summed E-state index contributed by atoms with van der Waals surface area (Å²) in [5.41, 5.74) is 1.10. The van der Waals surface area contributed by atoms with Gasteiger partial charge in [-0.15, -0.1) is 11.3 Å². The SMILES string of the molecule is CCn1c(=C(C#N)C(=O)NCc2ccc(F)cc2)sc(=CNc2ccccc2)c1=O. The van der Waals surface area contributed by atoms with Crippen LogP contribution in [0.4, 0.5) is 10.1 Å². The van der Waals surface area contributed by atoms with Gasteiger partial charge in [-0.3, -0.25) is 14.2 Å². The third-order valence-corrected chi connectivity index (χ3v) is 5.42. The van der Waals surface area contributed by atoms with Gasteiger partial charge in [0.05, 0.1) is 0 Å². The van der Waals surface area contributed by atoms with E-state index in [0.717, 1.165) is 17.0 Å². The van der Waals surface area contributed by atoms with Gasteiger partial charge in [0.25, 0.3) is 11.5 Å². The van der Waals surface area contributed by atoms with Gasteiger partial charge in [0.2, 0.25) is 0 Å². The summed E-state index contributed by atoms with van der Waals surface area (Å²) in [5.74, 6) is -0.958. The Morgan fingerprint density at radius 2 is 1.90 bits per heavy atom. The number of rotatable bonds is 6. The molecular formula is C22H19FN4O2S. The average molecular weight is 422 g/mol. The summed E-state index contributed by atoms with van der Waals surface area (Å²) < 4.78 is 15.1. The van der Waals surface area contributed by atoms with Gasteiger partial charge in [-0.1, -0.05) is 30.3 Å². The maximum atomic E-state index is 13.0. The van der Waals surface area contributed by atoms with Crippen molar-refractivity contribution in [3.63, 3.8) is 0 Å². The Hall–Kier alpha value is -3.70. The number of carbonyl (C=O) groups is 1. The highest BCUT2D eigenvalue weighted by Gasteiger charge is 2.15. The van der Waals surface area contributed by atoms with Crippen LogP contribution >= 0.6 is 11.3 Å². The maximum Gasteiger partial charge on any atom is 0.270 e. The molecule has 0 bridgehead atoms. The first kappa shape index (κ1) is 21.0. The van der Waals surface area contributed by atoms with E-state index in [0.29, 0.717) is 21.3 Å². The summed E-state index contributed by atoms with van der Waals surface area (Å²) in [7, 11) is 0. The van der Waals surface area contributed by atoms with E-state index in [-0.39, 0.29) is 23.5 Å². The zero-order valence-corrected chi connectivity index (χ0v) is 17.0. The third kappa shape index (κ3) is 4.82. The minimum absolute atomic E-state index is 0.138. The van der Waals surface area contributed by atoms with Gasteiger partial charge in [-0.2, -0.15) is 5.26 Å². The van der Waals surface area contributed by atoms with E-state index in [1.165, 1.54) is 16.7 Å². The van der Waals surface area contributed by atoms with Gasteiger partial charge in [-0.05, 0) is 36.8 Å². The minimum atomic E-state index is -0.590. The number of para-hydroxylation sites is 1. The first-order chi connectivity index (χ1) is 14.5. The summed E-state index contributed by atoms with van der Waals surface area (Å²) in [6.07, 6.45) is 1.57. The molecule has 3 rings (SSSR count). The molecule has 1 amide bonds. The molecule has 152 valence electrons. The molecule has 0 aliphatic rings. The first-order valence-electron chi connectivity index (χ1n) is 9.22. The molecule has 0 unspecified atom stereocenters. The largest absolute Gasteiger partial charge is 0.360 e. The summed E-state index contributed by atoms with van der Waals surface area (Å²) in [5, 5.41) is 15.3. The van der Waals surface area contributed by atoms with Crippen LogP contribution in [0.2, 0.25) is 0 Å². The molecule has 0 atom stereocenters. The predicted octanol–water partition coefficient (Wildman–Crippen LogP) is 1.91. The lowest BCUT2D eigenvalue weighted by molar-refractivity contribution is -0.115. The highest BCUT2D eigenvalue weighted by atomic mass is 32.1. The summed E-state index contributed by atoms with van der Waals surface area (Å²) in [4.78, 5) is 25.3. The Morgan fingerprint density at radius 3 is 2.53 bits per heavy atom. The predicted molar refractivity (Wildman–Crippen MR) is 115 cm³/mol. The van der Waals surface area contributed by atoms with Crippen LogP contribution in [-0.4, -0.2) is 10.5 Å². The summed E-state index contributed by atoms with van der Waals surface area (Å²) in [6, 6.07) is 17.0. The van der Waals surface area contributed by atoms with Crippen LogP contribution in [0.15, 0.2) is 59.4 Å². The van der Waals surface area contributed by atoms with Crippen molar-refractivity contribution in [2.75, 3.05) is 5.32 Å². The molecule has 0 saturated heterocycles.